The Morgan fingerprint density at radius 3 is 2.25 bits per heavy atom. The number of nitrogens with zero attached hydrogens (tertiary/aromatic N) is 3. The van der Waals surface area contributed by atoms with Gasteiger partial charge in [-0.3, -0.25) is 9.59 Å². The van der Waals surface area contributed by atoms with Crippen molar-refractivity contribution in [2.24, 2.45) is 0 Å². The molecule has 0 radical (unpaired) electrons. The summed E-state index contributed by atoms with van der Waals surface area (Å²) in [5.41, 5.74) is 4.99. The Kier molecular flexibility index (Phi) is 6.85. The fourth-order valence-electron chi connectivity index (χ4n) is 4.60. The molecule has 6 heteroatoms. The van der Waals surface area contributed by atoms with Gasteiger partial charge in [0.15, 0.2) is 16.9 Å². The maximum atomic E-state index is 12.8. The summed E-state index contributed by atoms with van der Waals surface area (Å²) in [6, 6.07) is 28.3. The maximum Gasteiger partial charge on any atom is 0.279 e. The molecule has 1 atom stereocenters. The molecule has 1 N–H and O–H groups in total. The molecule has 0 saturated carbocycles. The van der Waals surface area contributed by atoms with E-state index in [-0.39, 0.29) is 16.9 Å². The lowest BCUT2D eigenvalue weighted by molar-refractivity contribution is -0.120. The van der Waals surface area contributed by atoms with Crippen LogP contribution in [0.25, 0.3) is 22.3 Å². The molecule has 1 unspecified atom stereocenters. The van der Waals surface area contributed by atoms with E-state index in [1.807, 2.05) is 48.5 Å². The number of fused-ring (bicyclic) bond motifs is 1. The number of benzene rings is 3. The first kappa shape index (κ1) is 23.4. The lowest BCUT2D eigenvalue weighted by atomic mass is 10.0. The van der Waals surface area contributed by atoms with Crippen molar-refractivity contribution in [3.05, 3.63) is 119 Å². The minimum absolute atomic E-state index is 0.0301. The van der Waals surface area contributed by atoms with Gasteiger partial charge in [0.05, 0.1) is 12.4 Å². The Balaban J connectivity index is 1.37. The topological polar surface area (TPSA) is 80.6 Å². The Morgan fingerprint density at radius 2 is 1.56 bits per heavy atom. The second-order valence-corrected chi connectivity index (χ2v) is 9.08. The van der Waals surface area contributed by atoms with Crippen LogP contribution in [0.1, 0.15) is 42.8 Å². The van der Waals surface area contributed by atoms with Crippen molar-refractivity contribution in [1.82, 2.24) is 19.5 Å². The van der Waals surface area contributed by atoms with Crippen LogP contribution in [0.3, 0.4) is 0 Å². The van der Waals surface area contributed by atoms with Crippen LogP contribution in [0.4, 0.5) is 0 Å². The number of imidazole rings is 1. The summed E-state index contributed by atoms with van der Waals surface area (Å²) in [5.74, 6) is 0.579. The van der Waals surface area contributed by atoms with Crippen molar-refractivity contribution in [1.29, 1.82) is 0 Å². The number of aromatic nitrogens is 4. The van der Waals surface area contributed by atoms with Crippen LogP contribution in [0, 0.1) is 0 Å². The predicted octanol–water partition coefficient (Wildman–Crippen LogP) is 5.53. The Labute approximate surface area is 209 Å². The van der Waals surface area contributed by atoms with Crippen molar-refractivity contribution in [3.8, 4) is 11.1 Å². The van der Waals surface area contributed by atoms with Crippen LogP contribution >= 0.6 is 0 Å². The fraction of sp³-hybridized carbons (Fsp3) is 0.200. The molecule has 3 aromatic carbocycles. The molecule has 0 aliphatic heterocycles. The first-order valence-corrected chi connectivity index (χ1v) is 12.2. The van der Waals surface area contributed by atoms with E-state index in [2.05, 4.69) is 46.4 Å². The molecular formula is C30H28N4O2. The van der Waals surface area contributed by atoms with Gasteiger partial charge in [-0.25, -0.2) is 9.97 Å². The molecule has 2 heterocycles. The monoisotopic (exact) mass is 476 g/mol. The highest BCUT2D eigenvalue weighted by atomic mass is 16.1. The number of hydrogen-bond donors (Lipinski definition) is 1. The third-order valence-corrected chi connectivity index (χ3v) is 6.50. The Hall–Kier alpha value is -4.32. The van der Waals surface area contributed by atoms with Gasteiger partial charge < -0.3 is 9.55 Å². The minimum atomic E-state index is -0.411. The average molecular weight is 477 g/mol. The number of aryl methyl sites for hydroxylation is 1. The summed E-state index contributed by atoms with van der Waals surface area (Å²) < 4.78 is 1.76. The molecule has 0 amide bonds. The van der Waals surface area contributed by atoms with E-state index in [0.717, 1.165) is 29.5 Å². The number of nitrogens with one attached hydrogen (secondary N) is 1. The molecule has 6 nitrogen and oxygen atoms in total. The highest BCUT2D eigenvalue weighted by Gasteiger charge is 2.21. The van der Waals surface area contributed by atoms with Crippen molar-refractivity contribution < 1.29 is 4.79 Å². The number of Topliss-reactive ketones (excluding diaryl/α,β-unsaturated/α-hetero) is 1. The number of aromatic amines is 1. The normalized spacial score (nSPS) is 12.0. The zero-order valence-corrected chi connectivity index (χ0v) is 20.2. The molecular weight excluding hydrogens is 448 g/mol. The van der Waals surface area contributed by atoms with Gasteiger partial charge in [-0.2, -0.15) is 0 Å². The summed E-state index contributed by atoms with van der Waals surface area (Å²) >= 11 is 0. The van der Waals surface area contributed by atoms with Gasteiger partial charge in [0.2, 0.25) is 0 Å². The number of ketones is 1. The standard InChI is InChI=1S/C30H28N4O2/c1-21(35)26(14-8-11-22-9-4-2-5-10-22)34-20-31-28-29(34)32-27(33-30(28)36)19-23-15-17-25(18-16-23)24-12-6-3-7-13-24/h2-7,9-10,12-13,15-18,20,26H,8,11,14,19H2,1H3,(H,32,33,36). The lowest BCUT2D eigenvalue weighted by Crippen LogP contribution is -2.19. The highest BCUT2D eigenvalue weighted by Crippen LogP contribution is 2.22. The van der Waals surface area contributed by atoms with Crippen molar-refractivity contribution in [2.75, 3.05) is 0 Å². The van der Waals surface area contributed by atoms with E-state index in [0.29, 0.717) is 24.3 Å². The number of rotatable bonds is 9. The molecule has 0 saturated heterocycles. The van der Waals surface area contributed by atoms with E-state index in [9.17, 15) is 9.59 Å². The number of carbonyl (C=O) groups excluding carboxylic acids is 1. The number of H-pyrrole nitrogens is 1. The van der Waals surface area contributed by atoms with E-state index in [4.69, 9.17) is 4.98 Å². The molecule has 0 aliphatic rings. The fourth-order valence-corrected chi connectivity index (χ4v) is 4.60. The zero-order valence-electron chi connectivity index (χ0n) is 20.2. The van der Waals surface area contributed by atoms with Crippen LogP contribution in [0.2, 0.25) is 0 Å². The molecule has 0 fully saturated rings. The van der Waals surface area contributed by atoms with E-state index < -0.39 is 6.04 Å². The second-order valence-electron chi connectivity index (χ2n) is 9.08. The van der Waals surface area contributed by atoms with Gasteiger partial charge in [0.1, 0.15) is 5.82 Å². The summed E-state index contributed by atoms with van der Waals surface area (Å²) in [7, 11) is 0. The van der Waals surface area contributed by atoms with E-state index in [1.165, 1.54) is 5.56 Å². The predicted molar refractivity (Wildman–Crippen MR) is 142 cm³/mol. The molecule has 180 valence electrons. The zero-order chi connectivity index (χ0) is 24.9. The van der Waals surface area contributed by atoms with Crippen LogP contribution in [0.5, 0.6) is 0 Å². The van der Waals surface area contributed by atoms with E-state index in [1.54, 1.807) is 17.8 Å². The summed E-state index contributed by atoms with van der Waals surface area (Å²) in [4.78, 5) is 37.2. The molecule has 5 rings (SSSR count). The molecule has 2 aromatic heterocycles. The Bertz CT molecular complexity index is 1520. The van der Waals surface area contributed by atoms with Gasteiger partial charge >= 0.3 is 0 Å². The lowest BCUT2D eigenvalue weighted by Gasteiger charge is -2.16. The highest BCUT2D eigenvalue weighted by molar-refractivity contribution is 5.82. The maximum absolute atomic E-state index is 12.8. The average Bonchev–Trinajstić information content (AvgIpc) is 3.32. The van der Waals surface area contributed by atoms with Crippen LogP contribution < -0.4 is 5.56 Å². The molecule has 0 bridgehead atoms. The van der Waals surface area contributed by atoms with Crippen LogP contribution in [0.15, 0.2) is 96.1 Å². The van der Waals surface area contributed by atoms with Gasteiger partial charge in [-0.1, -0.05) is 84.9 Å². The summed E-state index contributed by atoms with van der Waals surface area (Å²) in [6.07, 6.45) is 4.43. The van der Waals surface area contributed by atoms with Crippen molar-refractivity contribution >= 4 is 16.9 Å². The van der Waals surface area contributed by atoms with Gasteiger partial charge in [-0.05, 0) is 48.4 Å². The van der Waals surface area contributed by atoms with Gasteiger partial charge in [-0.15, -0.1) is 0 Å². The first-order chi connectivity index (χ1) is 17.6. The largest absolute Gasteiger partial charge is 0.308 e. The third kappa shape index (κ3) is 5.18. The molecule has 0 aliphatic carbocycles. The van der Waals surface area contributed by atoms with Crippen molar-refractivity contribution in [2.45, 2.75) is 38.6 Å². The smallest absolute Gasteiger partial charge is 0.279 e. The summed E-state index contributed by atoms with van der Waals surface area (Å²) in [6.45, 7) is 1.58. The number of carbonyl (C=O) groups is 1. The van der Waals surface area contributed by atoms with E-state index >= 15 is 0 Å². The van der Waals surface area contributed by atoms with Gasteiger partial charge in [0, 0.05) is 6.42 Å². The SMILES string of the molecule is CC(=O)C(CCCc1ccccc1)n1cnc2c(=O)[nH]c(Cc3ccc(-c4ccccc4)cc3)nc21. The first-order valence-electron chi connectivity index (χ1n) is 12.2. The summed E-state index contributed by atoms with van der Waals surface area (Å²) in [5, 5.41) is 0. The van der Waals surface area contributed by atoms with Crippen LogP contribution in [-0.2, 0) is 17.6 Å². The minimum Gasteiger partial charge on any atom is -0.308 e. The Morgan fingerprint density at radius 1 is 0.889 bits per heavy atom. The number of hydrogen-bond acceptors (Lipinski definition) is 4. The second kappa shape index (κ2) is 10.5. The van der Waals surface area contributed by atoms with Gasteiger partial charge in [0.25, 0.3) is 5.56 Å². The van der Waals surface area contributed by atoms with Crippen molar-refractivity contribution in [3.63, 3.8) is 0 Å². The van der Waals surface area contributed by atoms with Crippen LogP contribution in [-0.4, -0.2) is 25.3 Å². The molecule has 36 heavy (non-hydrogen) atoms. The third-order valence-electron chi connectivity index (χ3n) is 6.50. The quantitative estimate of drug-likeness (QED) is 0.303. The molecule has 5 aromatic rings. The molecule has 0 spiro atoms.